The second kappa shape index (κ2) is 9.10. The Kier molecular flexibility index (Phi) is 5.07. The molecule has 0 saturated carbocycles. The van der Waals surface area contributed by atoms with Gasteiger partial charge in [0.05, 0.1) is 16.7 Å². The molecule has 0 aliphatic carbocycles. The van der Waals surface area contributed by atoms with Crippen LogP contribution in [0.2, 0.25) is 0 Å². The molecule has 0 atom stereocenters. The van der Waals surface area contributed by atoms with Crippen molar-refractivity contribution in [2.45, 2.75) is 0 Å². The van der Waals surface area contributed by atoms with Crippen LogP contribution in [-0.4, -0.2) is 14.5 Å². The molecule has 9 aromatic rings. The number of hydrogen-bond acceptors (Lipinski definition) is 3. The van der Waals surface area contributed by atoms with E-state index in [1.165, 1.54) is 41.7 Å². The summed E-state index contributed by atoms with van der Waals surface area (Å²) in [6.07, 6.45) is 0. The summed E-state index contributed by atoms with van der Waals surface area (Å²) < 4.78 is 4.90. The molecule has 0 N–H and O–H groups in total. The molecule has 196 valence electrons. The van der Waals surface area contributed by atoms with E-state index in [0.717, 1.165) is 33.7 Å². The Morgan fingerprint density at radius 1 is 0.452 bits per heavy atom. The van der Waals surface area contributed by atoms with Gasteiger partial charge in [0.25, 0.3) is 0 Å². The number of fused-ring (bicyclic) bond motifs is 7. The fourth-order valence-corrected chi connectivity index (χ4v) is 7.34. The predicted molar refractivity (Wildman–Crippen MR) is 178 cm³/mol. The van der Waals surface area contributed by atoms with E-state index in [4.69, 9.17) is 9.97 Å². The first-order valence-corrected chi connectivity index (χ1v) is 14.9. The van der Waals surface area contributed by atoms with Gasteiger partial charge >= 0.3 is 0 Å². The summed E-state index contributed by atoms with van der Waals surface area (Å²) in [7, 11) is 0. The molecule has 3 nitrogen and oxygen atoms in total. The summed E-state index contributed by atoms with van der Waals surface area (Å²) in [6, 6.07) is 49.4. The first-order chi connectivity index (χ1) is 20.8. The first-order valence-electron chi connectivity index (χ1n) is 14.1. The molecular formula is C38H23N3S. The van der Waals surface area contributed by atoms with Crippen molar-refractivity contribution in [1.82, 2.24) is 14.5 Å². The zero-order valence-corrected chi connectivity index (χ0v) is 23.3. The highest BCUT2D eigenvalue weighted by Gasteiger charge is 2.18. The highest BCUT2D eigenvalue weighted by atomic mass is 32.1. The minimum Gasteiger partial charge on any atom is -0.294 e. The van der Waals surface area contributed by atoms with Crippen LogP contribution in [0.3, 0.4) is 0 Å². The van der Waals surface area contributed by atoms with Gasteiger partial charge in [-0.15, -0.1) is 11.3 Å². The lowest BCUT2D eigenvalue weighted by Crippen LogP contribution is -2.02. The summed E-state index contributed by atoms with van der Waals surface area (Å²) in [5.74, 6) is 1.58. The van der Waals surface area contributed by atoms with Crippen LogP contribution in [0.25, 0.3) is 81.2 Å². The van der Waals surface area contributed by atoms with E-state index in [2.05, 4.69) is 120 Å². The maximum absolute atomic E-state index is 5.19. The largest absolute Gasteiger partial charge is 0.294 e. The third-order valence-corrected chi connectivity index (χ3v) is 9.29. The highest BCUT2D eigenvalue weighted by Crippen LogP contribution is 2.42. The molecule has 0 bridgehead atoms. The van der Waals surface area contributed by atoms with Gasteiger partial charge in [-0.1, -0.05) is 103 Å². The smallest absolute Gasteiger partial charge is 0.162 e. The van der Waals surface area contributed by atoms with Gasteiger partial charge in [0.1, 0.15) is 5.82 Å². The molecule has 0 spiro atoms. The van der Waals surface area contributed by atoms with Crippen LogP contribution < -0.4 is 0 Å². The Balaban J connectivity index is 1.37. The van der Waals surface area contributed by atoms with Crippen molar-refractivity contribution < 1.29 is 0 Å². The van der Waals surface area contributed by atoms with Crippen molar-refractivity contribution in [1.29, 1.82) is 0 Å². The van der Waals surface area contributed by atoms with Crippen LogP contribution in [0, 0.1) is 0 Å². The average Bonchev–Trinajstić information content (AvgIpc) is 3.57. The fourth-order valence-electron chi connectivity index (χ4n) is 6.19. The molecule has 0 aliphatic heterocycles. The standard InChI is InChI=1S/C38H23N3S/c1-3-11-24(12-4-1)32-22-37(40-38(39-32)25-13-5-2-6-14-25)41-33-18-10-9-17-28(33)29-21-31-30-19-26-15-7-8-16-27(26)20-35(30)42-36(31)23-34(29)41/h1-23H. The van der Waals surface area contributed by atoms with E-state index in [1.54, 1.807) is 0 Å². The van der Waals surface area contributed by atoms with Crippen molar-refractivity contribution in [3.63, 3.8) is 0 Å². The molecule has 3 heterocycles. The summed E-state index contributed by atoms with van der Waals surface area (Å²) in [5.41, 5.74) is 5.25. The molecule has 0 fully saturated rings. The third-order valence-electron chi connectivity index (χ3n) is 8.18. The number of para-hydroxylation sites is 1. The van der Waals surface area contributed by atoms with E-state index in [9.17, 15) is 0 Å². The number of nitrogens with zero attached hydrogens (tertiary/aromatic N) is 3. The Bertz CT molecular complexity index is 2400. The molecule has 42 heavy (non-hydrogen) atoms. The van der Waals surface area contributed by atoms with Gasteiger partial charge in [-0.3, -0.25) is 4.57 Å². The van der Waals surface area contributed by atoms with Gasteiger partial charge in [-0.05, 0) is 41.1 Å². The van der Waals surface area contributed by atoms with Gasteiger partial charge < -0.3 is 0 Å². The SMILES string of the molecule is c1ccc(-c2cc(-n3c4ccccc4c4cc5c(cc43)sc3cc4ccccc4cc35)nc(-c3ccccc3)n2)cc1. The molecule has 0 unspecified atom stereocenters. The lowest BCUT2D eigenvalue weighted by Gasteiger charge is -2.12. The number of hydrogen-bond donors (Lipinski definition) is 0. The molecule has 0 radical (unpaired) electrons. The molecular weight excluding hydrogens is 531 g/mol. The molecule has 4 heteroatoms. The van der Waals surface area contributed by atoms with Gasteiger partial charge in [-0.2, -0.15) is 0 Å². The summed E-state index contributed by atoms with van der Waals surface area (Å²) in [5, 5.41) is 7.61. The zero-order valence-electron chi connectivity index (χ0n) is 22.5. The maximum atomic E-state index is 5.19. The molecule has 9 rings (SSSR count). The number of rotatable bonds is 3. The van der Waals surface area contributed by atoms with Crippen LogP contribution in [0.15, 0.2) is 140 Å². The lowest BCUT2D eigenvalue weighted by atomic mass is 10.0. The lowest BCUT2D eigenvalue weighted by molar-refractivity contribution is 1.05. The first kappa shape index (κ1) is 23.4. The topological polar surface area (TPSA) is 30.7 Å². The van der Waals surface area contributed by atoms with Gasteiger partial charge in [-0.25, -0.2) is 9.97 Å². The van der Waals surface area contributed by atoms with Crippen LogP contribution >= 0.6 is 11.3 Å². The van der Waals surface area contributed by atoms with E-state index in [0.29, 0.717) is 5.82 Å². The summed E-state index contributed by atoms with van der Waals surface area (Å²) in [4.78, 5) is 10.2. The number of thiophene rings is 1. The van der Waals surface area contributed by atoms with Gasteiger partial charge in [0.15, 0.2) is 5.82 Å². The number of benzene rings is 6. The Hall–Kier alpha value is -5.32. The van der Waals surface area contributed by atoms with Gasteiger partial charge in [0.2, 0.25) is 0 Å². The minimum atomic E-state index is 0.715. The quantitative estimate of drug-likeness (QED) is 0.218. The van der Waals surface area contributed by atoms with Crippen molar-refractivity contribution in [2.24, 2.45) is 0 Å². The van der Waals surface area contributed by atoms with Crippen LogP contribution in [0.5, 0.6) is 0 Å². The molecule has 3 aromatic heterocycles. The normalized spacial score (nSPS) is 11.8. The minimum absolute atomic E-state index is 0.715. The molecule has 6 aromatic carbocycles. The fraction of sp³-hybridized carbons (Fsp3) is 0. The van der Waals surface area contributed by atoms with Crippen molar-refractivity contribution in [2.75, 3.05) is 0 Å². The van der Waals surface area contributed by atoms with Crippen molar-refractivity contribution in [3.8, 4) is 28.5 Å². The molecule has 0 amide bonds. The van der Waals surface area contributed by atoms with Gasteiger partial charge in [0, 0.05) is 48.1 Å². The molecule has 0 aliphatic rings. The van der Waals surface area contributed by atoms with Crippen LogP contribution in [0.1, 0.15) is 0 Å². The third kappa shape index (κ3) is 3.59. The van der Waals surface area contributed by atoms with Crippen LogP contribution in [0.4, 0.5) is 0 Å². The maximum Gasteiger partial charge on any atom is 0.162 e. The second-order valence-electron chi connectivity index (χ2n) is 10.7. The van der Waals surface area contributed by atoms with Crippen molar-refractivity contribution in [3.05, 3.63) is 140 Å². The second-order valence-corrected chi connectivity index (χ2v) is 11.8. The summed E-state index contributed by atoms with van der Waals surface area (Å²) in [6.45, 7) is 0. The molecule has 0 saturated heterocycles. The van der Waals surface area contributed by atoms with E-state index in [1.807, 2.05) is 35.6 Å². The summed E-state index contributed by atoms with van der Waals surface area (Å²) >= 11 is 1.86. The number of aromatic nitrogens is 3. The average molecular weight is 554 g/mol. The van der Waals surface area contributed by atoms with Crippen LogP contribution in [-0.2, 0) is 0 Å². The van der Waals surface area contributed by atoms with E-state index >= 15 is 0 Å². The zero-order chi connectivity index (χ0) is 27.6. The predicted octanol–water partition coefficient (Wildman–Crippen LogP) is 10.4. The Labute approximate surface area is 246 Å². The van der Waals surface area contributed by atoms with Crippen molar-refractivity contribution >= 4 is 64.1 Å². The Morgan fingerprint density at radius 2 is 1.10 bits per heavy atom. The van der Waals surface area contributed by atoms with E-state index < -0.39 is 0 Å². The van der Waals surface area contributed by atoms with E-state index in [-0.39, 0.29) is 0 Å². The Morgan fingerprint density at radius 3 is 1.90 bits per heavy atom. The monoisotopic (exact) mass is 553 g/mol. The highest BCUT2D eigenvalue weighted by molar-refractivity contribution is 7.26.